The van der Waals surface area contributed by atoms with Crippen LogP contribution in [0, 0.1) is 0 Å². The molecule has 2 aromatic heterocycles. The first-order valence-electron chi connectivity index (χ1n) is 8.82. The van der Waals surface area contributed by atoms with Gasteiger partial charge in [0.05, 0.1) is 23.6 Å². The van der Waals surface area contributed by atoms with Crippen LogP contribution in [0.15, 0.2) is 53.9 Å². The number of aromatic nitrogens is 4. The number of pyridine rings is 1. The molecule has 3 aromatic rings. The summed E-state index contributed by atoms with van der Waals surface area (Å²) in [6.07, 6.45) is -1.37. The van der Waals surface area contributed by atoms with Gasteiger partial charge in [-0.25, -0.2) is 0 Å². The van der Waals surface area contributed by atoms with Crippen molar-refractivity contribution < 1.29 is 22.7 Å². The van der Waals surface area contributed by atoms with E-state index in [-0.39, 0.29) is 22.5 Å². The van der Waals surface area contributed by atoms with Crippen LogP contribution in [0.25, 0.3) is 17.1 Å². The first-order valence-corrected chi connectivity index (χ1v) is 9.80. The number of halogens is 3. The molecule has 0 saturated carbocycles. The van der Waals surface area contributed by atoms with Gasteiger partial charge in [-0.1, -0.05) is 17.8 Å². The summed E-state index contributed by atoms with van der Waals surface area (Å²) in [4.78, 5) is 16.0. The Hall–Kier alpha value is -2.92. The highest BCUT2D eigenvalue weighted by Crippen LogP contribution is 2.33. The van der Waals surface area contributed by atoms with Gasteiger partial charge >= 0.3 is 6.18 Å². The first-order chi connectivity index (χ1) is 14.4. The van der Waals surface area contributed by atoms with E-state index in [1.807, 2.05) is 0 Å². The Balaban J connectivity index is 1.95. The highest BCUT2D eigenvalue weighted by molar-refractivity contribution is 7.99. The van der Waals surface area contributed by atoms with Gasteiger partial charge in [-0.2, -0.15) is 13.2 Å². The largest absolute Gasteiger partial charge is 0.416 e. The van der Waals surface area contributed by atoms with Crippen molar-refractivity contribution in [3.63, 3.8) is 0 Å². The van der Waals surface area contributed by atoms with E-state index in [9.17, 15) is 18.0 Å². The first kappa shape index (κ1) is 21.8. The van der Waals surface area contributed by atoms with Gasteiger partial charge in [-0.15, -0.1) is 10.2 Å². The van der Waals surface area contributed by atoms with E-state index in [1.54, 1.807) is 24.5 Å². The Labute approximate surface area is 174 Å². The van der Waals surface area contributed by atoms with Gasteiger partial charge in [0.15, 0.2) is 11.0 Å². The lowest BCUT2D eigenvalue weighted by Gasteiger charge is -2.13. The van der Waals surface area contributed by atoms with Gasteiger partial charge in [0.2, 0.25) is 5.91 Å². The van der Waals surface area contributed by atoms with Gasteiger partial charge in [0.25, 0.3) is 0 Å². The zero-order chi connectivity index (χ0) is 21.6. The third-order valence-electron chi connectivity index (χ3n) is 3.95. The zero-order valence-corrected chi connectivity index (χ0v) is 16.7. The summed E-state index contributed by atoms with van der Waals surface area (Å²) in [7, 11) is 1.53. The van der Waals surface area contributed by atoms with Crippen molar-refractivity contribution in [2.45, 2.75) is 11.3 Å². The van der Waals surface area contributed by atoms with Crippen LogP contribution < -0.4 is 5.32 Å². The second-order valence-corrected chi connectivity index (χ2v) is 7.01. The number of amides is 1. The molecule has 0 spiro atoms. The number of carbonyl (C=O) groups excluding carboxylic acids is 1. The maximum atomic E-state index is 13.2. The van der Waals surface area contributed by atoms with Gasteiger partial charge in [0, 0.05) is 31.6 Å². The van der Waals surface area contributed by atoms with Crippen LogP contribution in [0.2, 0.25) is 0 Å². The molecular formula is C19H18F3N5O2S. The van der Waals surface area contributed by atoms with Crippen molar-refractivity contribution in [1.82, 2.24) is 25.1 Å². The minimum Gasteiger partial charge on any atom is -0.383 e. The molecule has 0 bridgehead atoms. The fraction of sp³-hybridized carbons (Fsp3) is 0.263. The molecule has 1 aromatic carbocycles. The number of nitrogens with one attached hydrogen (secondary N) is 1. The summed E-state index contributed by atoms with van der Waals surface area (Å²) in [6, 6.07) is 8.28. The fourth-order valence-corrected chi connectivity index (χ4v) is 3.35. The van der Waals surface area contributed by atoms with E-state index in [2.05, 4.69) is 20.5 Å². The molecular weight excluding hydrogens is 419 g/mol. The Morgan fingerprint density at radius 3 is 2.77 bits per heavy atom. The minimum atomic E-state index is -4.49. The average Bonchev–Trinajstić information content (AvgIpc) is 3.16. The molecule has 2 heterocycles. The summed E-state index contributed by atoms with van der Waals surface area (Å²) in [5, 5.41) is 11.2. The number of benzene rings is 1. The van der Waals surface area contributed by atoms with Crippen LogP contribution in [0.3, 0.4) is 0 Å². The lowest BCUT2D eigenvalue weighted by molar-refractivity contribution is -0.137. The molecule has 1 amide bonds. The SMILES string of the molecule is COCCNC(=O)CSc1nnc(-c2cccnc2)n1-c1cccc(C(F)(F)F)c1. The Morgan fingerprint density at radius 1 is 1.23 bits per heavy atom. The van der Waals surface area contributed by atoms with E-state index in [4.69, 9.17) is 4.74 Å². The molecule has 0 radical (unpaired) electrons. The van der Waals surface area contributed by atoms with Crippen molar-refractivity contribution in [1.29, 1.82) is 0 Å². The molecule has 30 heavy (non-hydrogen) atoms. The van der Waals surface area contributed by atoms with Gasteiger partial charge in [-0.3, -0.25) is 14.3 Å². The predicted octanol–water partition coefficient (Wildman–Crippen LogP) is 3.20. The Kier molecular flexibility index (Phi) is 7.06. The molecule has 0 saturated heterocycles. The number of alkyl halides is 3. The number of thioether (sulfide) groups is 1. The van der Waals surface area contributed by atoms with Crippen molar-refractivity contribution in [2.75, 3.05) is 26.0 Å². The number of hydrogen-bond acceptors (Lipinski definition) is 6. The van der Waals surface area contributed by atoms with E-state index in [0.717, 1.165) is 23.9 Å². The summed E-state index contributed by atoms with van der Waals surface area (Å²) in [6.45, 7) is 0.735. The Bertz CT molecular complexity index is 995. The average molecular weight is 437 g/mol. The molecule has 0 fully saturated rings. The minimum absolute atomic E-state index is 0.0217. The molecule has 7 nitrogen and oxygen atoms in total. The van der Waals surface area contributed by atoms with E-state index in [1.165, 1.54) is 23.8 Å². The molecule has 0 atom stereocenters. The molecule has 0 aliphatic carbocycles. The summed E-state index contributed by atoms with van der Waals surface area (Å²) >= 11 is 1.07. The maximum absolute atomic E-state index is 13.2. The van der Waals surface area contributed by atoms with E-state index >= 15 is 0 Å². The molecule has 1 N–H and O–H groups in total. The molecule has 11 heteroatoms. The second-order valence-electron chi connectivity index (χ2n) is 6.06. The predicted molar refractivity (Wildman–Crippen MR) is 105 cm³/mol. The van der Waals surface area contributed by atoms with E-state index in [0.29, 0.717) is 24.5 Å². The number of methoxy groups -OCH3 is 1. The lowest BCUT2D eigenvalue weighted by atomic mass is 10.2. The summed E-state index contributed by atoms with van der Waals surface area (Å²) in [5.41, 5.74) is 0.0221. The van der Waals surface area contributed by atoms with Crippen molar-refractivity contribution >= 4 is 17.7 Å². The van der Waals surface area contributed by atoms with Crippen LogP contribution in [0.4, 0.5) is 13.2 Å². The van der Waals surface area contributed by atoms with Crippen LogP contribution in [-0.4, -0.2) is 51.7 Å². The quantitative estimate of drug-likeness (QED) is 0.431. The molecule has 3 rings (SSSR count). The Morgan fingerprint density at radius 2 is 2.07 bits per heavy atom. The fourth-order valence-electron chi connectivity index (χ4n) is 2.57. The number of rotatable bonds is 8. The molecule has 158 valence electrons. The van der Waals surface area contributed by atoms with Crippen LogP contribution in [-0.2, 0) is 15.7 Å². The summed E-state index contributed by atoms with van der Waals surface area (Å²) < 4.78 is 46.0. The van der Waals surface area contributed by atoms with Crippen LogP contribution in [0.1, 0.15) is 5.56 Å². The maximum Gasteiger partial charge on any atom is 0.416 e. The monoisotopic (exact) mass is 437 g/mol. The van der Waals surface area contributed by atoms with Crippen molar-refractivity contribution in [2.24, 2.45) is 0 Å². The third kappa shape index (κ3) is 5.36. The number of hydrogen-bond donors (Lipinski definition) is 1. The van der Waals surface area contributed by atoms with Gasteiger partial charge < -0.3 is 10.1 Å². The highest BCUT2D eigenvalue weighted by Gasteiger charge is 2.31. The van der Waals surface area contributed by atoms with Gasteiger partial charge in [-0.05, 0) is 30.3 Å². The van der Waals surface area contributed by atoms with Crippen molar-refractivity contribution in [3.8, 4) is 17.1 Å². The van der Waals surface area contributed by atoms with Crippen LogP contribution >= 0.6 is 11.8 Å². The van der Waals surface area contributed by atoms with E-state index < -0.39 is 11.7 Å². The number of ether oxygens (including phenoxy) is 1. The highest BCUT2D eigenvalue weighted by atomic mass is 32.2. The number of carbonyl (C=O) groups is 1. The summed E-state index contributed by atoms with van der Waals surface area (Å²) in [5.74, 6) is 0.0942. The zero-order valence-electron chi connectivity index (χ0n) is 15.9. The smallest absolute Gasteiger partial charge is 0.383 e. The van der Waals surface area contributed by atoms with Crippen LogP contribution in [0.5, 0.6) is 0 Å². The third-order valence-corrected chi connectivity index (χ3v) is 4.87. The molecule has 0 aliphatic heterocycles. The number of nitrogens with zero attached hydrogens (tertiary/aromatic N) is 4. The second kappa shape index (κ2) is 9.72. The topological polar surface area (TPSA) is 81.9 Å². The molecule has 0 unspecified atom stereocenters. The standard InChI is InChI=1S/C19H18F3N5O2S/c1-29-9-8-24-16(28)12-30-18-26-25-17(13-4-3-7-23-11-13)27(18)15-6-2-5-14(10-15)19(20,21)22/h2-7,10-11H,8-9,12H2,1H3,(H,24,28). The van der Waals surface area contributed by atoms with Gasteiger partial charge in [0.1, 0.15) is 0 Å². The normalized spacial score (nSPS) is 11.5. The lowest BCUT2D eigenvalue weighted by Crippen LogP contribution is -2.28. The van der Waals surface area contributed by atoms with Crippen molar-refractivity contribution in [3.05, 3.63) is 54.4 Å². The molecule has 0 aliphatic rings.